The molecule has 0 saturated carbocycles. The summed E-state index contributed by atoms with van der Waals surface area (Å²) in [6.45, 7) is 5.38. The molecule has 0 bridgehead atoms. The van der Waals surface area contributed by atoms with Gasteiger partial charge in [-0.05, 0) is 37.1 Å². The number of nitrogens with one attached hydrogen (secondary N) is 1. The Morgan fingerprint density at radius 2 is 1.39 bits per heavy atom. The molecular weight excluding hydrogens is 404 g/mol. The van der Waals surface area contributed by atoms with Crippen LogP contribution in [0.15, 0.2) is 42.7 Å². The molecule has 0 saturated heterocycles. The minimum absolute atomic E-state index is 0.919. The molecule has 0 radical (unpaired) electrons. The third-order valence-corrected chi connectivity index (χ3v) is 6.50. The average Bonchev–Trinajstić information content (AvgIpc) is 3.19. The number of aromatic nitrogens is 3. The summed E-state index contributed by atoms with van der Waals surface area (Å²) in [5.41, 5.74) is 4.05. The number of hydrogen-bond donors (Lipinski definition) is 1. The number of anilines is 1. The quantitative estimate of drug-likeness (QED) is 0.210. The number of unbranched alkanes of at least 4 members (excludes halogenated alkanes) is 13. The molecule has 0 atom stereocenters. The van der Waals surface area contributed by atoms with E-state index in [4.69, 9.17) is 4.98 Å². The van der Waals surface area contributed by atoms with Crippen molar-refractivity contribution in [1.82, 2.24) is 14.4 Å². The molecule has 0 amide bonds. The van der Waals surface area contributed by atoms with Crippen LogP contribution in [0.2, 0.25) is 0 Å². The van der Waals surface area contributed by atoms with E-state index in [1.807, 2.05) is 24.4 Å². The Kier molecular flexibility index (Phi) is 11.3. The van der Waals surface area contributed by atoms with E-state index in [1.54, 1.807) is 0 Å². The van der Waals surface area contributed by atoms with Gasteiger partial charge in [0, 0.05) is 18.9 Å². The van der Waals surface area contributed by atoms with Gasteiger partial charge in [-0.25, -0.2) is 4.98 Å². The molecule has 3 heterocycles. The molecule has 0 aliphatic rings. The summed E-state index contributed by atoms with van der Waals surface area (Å²) in [6, 6.07) is 10.2. The Hall–Kier alpha value is -2.36. The van der Waals surface area contributed by atoms with E-state index >= 15 is 0 Å². The molecule has 0 aromatic carbocycles. The van der Waals surface area contributed by atoms with Crippen LogP contribution in [-0.2, 0) is 0 Å². The zero-order chi connectivity index (χ0) is 23.1. The van der Waals surface area contributed by atoms with E-state index in [1.165, 1.54) is 95.5 Å². The van der Waals surface area contributed by atoms with E-state index in [0.29, 0.717) is 0 Å². The lowest BCUT2D eigenvalue weighted by atomic mass is 10.0. The van der Waals surface area contributed by atoms with Gasteiger partial charge in [0.2, 0.25) is 0 Å². The molecule has 0 spiro atoms. The minimum atomic E-state index is 0.919. The molecule has 3 rings (SSSR count). The van der Waals surface area contributed by atoms with Gasteiger partial charge in [0.15, 0.2) is 0 Å². The van der Waals surface area contributed by atoms with Gasteiger partial charge in [0.05, 0.1) is 5.69 Å². The van der Waals surface area contributed by atoms with Crippen molar-refractivity contribution in [2.75, 3.05) is 11.9 Å². The van der Waals surface area contributed by atoms with Crippen LogP contribution in [0, 0.1) is 6.92 Å². The summed E-state index contributed by atoms with van der Waals surface area (Å²) in [5.74, 6) is 1.06. The largest absolute Gasteiger partial charge is 0.369 e. The molecule has 0 aliphatic heterocycles. The topological polar surface area (TPSA) is 42.2 Å². The van der Waals surface area contributed by atoms with Gasteiger partial charge in [-0.3, -0.25) is 9.38 Å². The molecule has 3 aromatic heterocycles. The molecule has 4 nitrogen and oxygen atoms in total. The summed E-state index contributed by atoms with van der Waals surface area (Å²) in [5, 5.41) is 3.67. The molecule has 0 unspecified atom stereocenters. The van der Waals surface area contributed by atoms with Crippen molar-refractivity contribution in [3.05, 3.63) is 48.3 Å². The highest BCUT2D eigenvalue weighted by molar-refractivity contribution is 5.74. The summed E-state index contributed by atoms with van der Waals surface area (Å²) < 4.78 is 2.17. The first-order valence-corrected chi connectivity index (χ1v) is 13.4. The molecular formula is C29H44N4. The summed E-state index contributed by atoms with van der Waals surface area (Å²) in [4.78, 5) is 9.38. The average molecular weight is 449 g/mol. The fourth-order valence-electron chi connectivity index (χ4n) is 4.53. The molecule has 0 fully saturated rings. The van der Waals surface area contributed by atoms with E-state index in [-0.39, 0.29) is 0 Å². The molecule has 3 aromatic rings. The lowest BCUT2D eigenvalue weighted by molar-refractivity contribution is 0.537. The molecule has 0 aliphatic carbocycles. The number of pyridine rings is 2. The third kappa shape index (κ3) is 8.49. The predicted octanol–water partition coefficient (Wildman–Crippen LogP) is 8.60. The van der Waals surface area contributed by atoms with Crippen LogP contribution in [0.4, 0.5) is 5.82 Å². The first-order valence-electron chi connectivity index (χ1n) is 13.4. The van der Waals surface area contributed by atoms with Gasteiger partial charge in [0.25, 0.3) is 0 Å². The fourth-order valence-corrected chi connectivity index (χ4v) is 4.53. The normalized spacial score (nSPS) is 11.3. The zero-order valence-electron chi connectivity index (χ0n) is 21.0. The standard InChI is InChI=1S/C29H44N4/c1-3-4-5-6-7-8-9-10-11-12-13-14-15-17-23-31-29-28(26-19-16-18-22-30-26)32-27-21-20-25(2)24-33(27)29/h16,18-22,24,31H,3-15,17,23H2,1-2H3. The van der Waals surface area contributed by atoms with Crippen LogP contribution >= 0.6 is 0 Å². The van der Waals surface area contributed by atoms with Crippen molar-refractivity contribution in [1.29, 1.82) is 0 Å². The second kappa shape index (κ2) is 14.7. The van der Waals surface area contributed by atoms with Gasteiger partial charge in [-0.2, -0.15) is 0 Å². The van der Waals surface area contributed by atoms with Crippen LogP contribution in [0.25, 0.3) is 17.0 Å². The number of aryl methyl sites for hydroxylation is 1. The first kappa shape index (κ1) is 25.3. The Morgan fingerprint density at radius 3 is 2.00 bits per heavy atom. The summed E-state index contributed by atoms with van der Waals surface area (Å²) in [6.07, 6.45) is 23.4. The van der Waals surface area contributed by atoms with Crippen molar-refractivity contribution in [3.63, 3.8) is 0 Å². The maximum absolute atomic E-state index is 4.85. The van der Waals surface area contributed by atoms with Crippen molar-refractivity contribution in [3.8, 4) is 11.4 Å². The first-order chi connectivity index (χ1) is 16.3. The highest BCUT2D eigenvalue weighted by atomic mass is 15.1. The highest BCUT2D eigenvalue weighted by Gasteiger charge is 2.14. The van der Waals surface area contributed by atoms with E-state index in [0.717, 1.165) is 29.4 Å². The molecule has 180 valence electrons. The van der Waals surface area contributed by atoms with Crippen LogP contribution in [0.5, 0.6) is 0 Å². The number of nitrogens with zero attached hydrogens (tertiary/aromatic N) is 3. The van der Waals surface area contributed by atoms with Crippen LogP contribution in [0.1, 0.15) is 102 Å². The fraction of sp³-hybridized carbons (Fsp3) is 0.586. The van der Waals surface area contributed by atoms with E-state index in [9.17, 15) is 0 Å². The lowest BCUT2D eigenvalue weighted by Crippen LogP contribution is -2.05. The van der Waals surface area contributed by atoms with Crippen LogP contribution in [0.3, 0.4) is 0 Å². The molecule has 4 heteroatoms. The van der Waals surface area contributed by atoms with Crippen LogP contribution in [-0.4, -0.2) is 20.9 Å². The minimum Gasteiger partial charge on any atom is -0.369 e. The Bertz CT molecular complexity index is 916. The van der Waals surface area contributed by atoms with Gasteiger partial charge in [-0.15, -0.1) is 0 Å². The SMILES string of the molecule is CCCCCCCCCCCCCCCCNc1c(-c2ccccn2)nc2ccc(C)cn12. The van der Waals surface area contributed by atoms with Crippen LogP contribution < -0.4 is 5.32 Å². The Balaban J connectivity index is 1.33. The summed E-state index contributed by atoms with van der Waals surface area (Å²) in [7, 11) is 0. The van der Waals surface area contributed by atoms with Gasteiger partial charge >= 0.3 is 0 Å². The smallest absolute Gasteiger partial charge is 0.140 e. The number of fused-ring (bicyclic) bond motifs is 1. The van der Waals surface area contributed by atoms with E-state index < -0.39 is 0 Å². The van der Waals surface area contributed by atoms with Crippen molar-refractivity contribution >= 4 is 11.5 Å². The van der Waals surface area contributed by atoms with E-state index in [2.05, 4.69) is 46.9 Å². The maximum atomic E-state index is 4.85. The van der Waals surface area contributed by atoms with Crippen molar-refractivity contribution in [2.45, 2.75) is 104 Å². The second-order valence-corrected chi connectivity index (χ2v) is 9.48. The Morgan fingerprint density at radius 1 is 0.758 bits per heavy atom. The second-order valence-electron chi connectivity index (χ2n) is 9.48. The van der Waals surface area contributed by atoms with Gasteiger partial charge in [0.1, 0.15) is 17.2 Å². The Labute approximate surface area is 201 Å². The summed E-state index contributed by atoms with van der Waals surface area (Å²) >= 11 is 0. The third-order valence-electron chi connectivity index (χ3n) is 6.50. The molecule has 33 heavy (non-hydrogen) atoms. The zero-order valence-corrected chi connectivity index (χ0v) is 21.0. The monoisotopic (exact) mass is 448 g/mol. The molecule has 1 N–H and O–H groups in total. The maximum Gasteiger partial charge on any atom is 0.140 e. The number of rotatable bonds is 17. The van der Waals surface area contributed by atoms with Gasteiger partial charge in [-0.1, -0.05) is 103 Å². The number of hydrogen-bond acceptors (Lipinski definition) is 3. The van der Waals surface area contributed by atoms with Gasteiger partial charge < -0.3 is 5.32 Å². The number of imidazole rings is 1. The highest BCUT2D eigenvalue weighted by Crippen LogP contribution is 2.27. The predicted molar refractivity (Wildman–Crippen MR) is 142 cm³/mol. The lowest BCUT2D eigenvalue weighted by Gasteiger charge is -2.09. The van der Waals surface area contributed by atoms with Crippen molar-refractivity contribution < 1.29 is 0 Å². The van der Waals surface area contributed by atoms with Crippen molar-refractivity contribution in [2.24, 2.45) is 0 Å².